The fraction of sp³-hybridized carbons (Fsp3) is 0.286. The Labute approximate surface area is 178 Å². The second-order valence-electron chi connectivity index (χ2n) is 7.75. The molecule has 0 bridgehead atoms. The summed E-state index contributed by atoms with van der Waals surface area (Å²) in [4.78, 5) is 37.5. The van der Waals surface area contributed by atoms with Gasteiger partial charge in [-0.3, -0.25) is 4.90 Å². The maximum atomic E-state index is 12.5. The molecule has 3 aromatic rings. The van der Waals surface area contributed by atoms with Gasteiger partial charge in [-0.15, -0.1) is 0 Å². The Bertz CT molecular complexity index is 1250. The first-order chi connectivity index (χ1) is 14.5. The number of aryl methyl sites for hydroxylation is 1. The molecule has 3 rings (SSSR count). The number of aromatic nitrogens is 4. The van der Waals surface area contributed by atoms with Crippen molar-refractivity contribution in [3.63, 3.8) is 0 Å². The van der Waals surface area contributed by atoms with Crippen molar-refractivity contribution in [3.05, 3.63) is 41.5 Å². The maximum Gasteiger partial charge on any atom is 0.415 e. The molecule has 160 valence electrons. The summed E-state index contributed by atoms with van der Waals surface area (Å²) in [5.41, 5.74) is 7.03. The van der Waals surface area contributed by atoms with Gasteiger partial charge in [-0.25, -0.2) is 24.5 Å². The average Bonchev–Trinajstić information content (AvgIpc) is 3.06. The summed E-state index contributed by atoms with van der Waals surface area (Å²) in [5, 5.41) is 9.09. The lowest BCUT2D eigenvalue weighted by atomic mass is 10.2. The van der Waals surface area contributed by atoms with Crippen molar-refractivity contribution in [1.82, 2.24) is 19.5 Å². The smallest absolute Gasteiger partial charge is 0.415 e. The number of nitrogens with zero attached hydrogens (tertiary/aromatic N) is 5. The highest BCUT2D eigenvalue weighted by atomic mass is 16.6. The van der Waals surface area contributed by atoms with Crippen molar-refractivity contribution in [1.29, 1.82) is 0 Å². The minimum atomic E-state index is -1.15. The van der Waals surface area contributed by atoms with Crippen LogP contribution in [0.15, 0.2) is 24.5 Å². The zero-order valence-corrected chi connectivity index (χ0v) is 17.8. The van der Waals surface area contributed by atoms with Gasteiger partial charge in [0, 0.05) is 14.1 Å². The number of nitrogen functional groups attached to an aromatic ring is 1. The number of aromatic carboxylic acids is 1. The number of nitrogens with two attached hydrogens (primary N) is 1. The van der Waals surface area contributed by atoms with E-state index in [4.69, 9.17) is 15.6 Å². The Morgan fingerprint density at radius 2 is 1.94 bits per heavy atom. The van der Waals surface area contributed by atoms with E-state index in [-0.39, 0.29) is 23.0 Å². The quantitative estimate of drug-likeness (QED) is 0.601. The molecule has 10 heteroatoms. The van der Waals surface area contributed by atoms with Gasteiger partial charge in [0.2, 0.25) is 0 Å². The highest BCUT2D eigenvalue weighted by molar-refractivity contribution is 6.00. The van der Waals surface area contributed by atoms with Crippen molar-refractivity contribution in [2.75, 3.05) is 17.7 Å². The average molecular weight is 422 g/mol. The minimum absolute atomic E-state index is 0.0865. The Morgan fingerprint density at radius 1 is 1.23 bits per heavy atom. The molecular formula is C21H22N6O4. The van der Waals surface area contributed by atoms with E-state index in [1.165, 1.54) is 18.0 Å². The molecule has 0 saturated carbocycles. The molecule has 10 nitrogen and oxygen atoms in total. The van der Waals surface area contributed by atoms with Crippen molar-refractivity contribution in [2.24, 2.45) is 7.05 Å². The number of anilines is 2. The molecule has 0 aliphatic heterocycles. The molecule has 0 atom stereocenters. The molecule has 3 N–H and O–H groups in total. The van der Waals surface area contributed by atoms with Crippen LogP contribution in [0.2, 0.25) is 0 Å². The van der Waals surface area contributed by atoms with Crippen molar-refractivity contribution in [2.45, 2.75) is 26.4 Å². The number of hydrogen-bond donors (Lipinski definition) is 2. The van der Waals surface area contributed by atoms with Gasteiger partial charge >= 0.3 is 12.1 Å². The molecule has 0 aromatic carbocycles. The Balaban J connectivity index is 2.09. The molecule has 0 radical (unpaired) electrons. The maximum absolute atomic E-state index is 12.5. The van der Waals surface area contributed by atoms with Crippen LogP contribution in [0.4, 0.5) is 16.4 Å². The van der Waals surface area contributed by atoms with Crippen LogP contribution >= 0.6 is 0 Å². The molecular weight excluding hydrogens is 400 g/mol. The van der Waals surface area contributed by atoms with Crippen LogP contribution in [0.3, 0.4) is 0 Å². The number of hydrogen-bond acceptors (Lipinski definition) is 7. The standard InChI is InChI=1S/C21H22N6O4/c1-21(2,3)31-20(30)27(5)18-15-16(26(4)11-23-15)13(17(22)25-18)10-9-12-7-6-8-14(24-12)19(28)29/h6-8,11H,1-5H3,(H2,22,25)(H,28,29). The van der Waals surface area contributed by atoms with E-state index >= 15 is 0 Å². The summed E-state index contributed by atoms with van der Waals surface area (Å²) >= 11 is 0. The summed E-state index contributed by atoms with van der Waals surface area (Å²) in [6, 6.07) is 4.53. The molecule has 3 heterocycles. The van der Waals surface area contributed by atoms with Crippen LogP contribution in [-0.2, 0) is 11.8 Å². The Kier molecular flexibility index (Phi) is 5.53. The summed E-state index contributed by atoms with van der Waals surface area (Å²) in [6.07, 6.45) is 0.965. The SMILES string of the molecule is CN(C(=O)OC(C)(C)C)c1nc(N)c(C#Cc2cccc(C(=O)O)n2)c2c1ncn2C. The predicted molar refractivity (Wildman–Crippen MR) is 115 cm³/mol. The van der Waals surface area contributed by atoms with Crippen molar-refractivity contribution in [3.8, 4) is 11.8 Å². The van der Waals surface area contributed by atoms with Gasteiger partial charge in [0.15, 0.2) is 5.82 Å². The molecule has 3 aromatic heterocycles. The monoisotopic (exact) mass is 422 g/mol. The van der Waals surface area contributed by atoms with E-state index in [1.807, 2.05) is 0 Å². The third-order valence-electron chi connectivity index (χ3n) is 4.14. The molecule has 0 aliphatic carbocycles. The van der Waals surface area contributed by atoms with Crippen molar-refractivity contribution < 1.29 is 19.4 Å². The van der Waals surface area contributed by atoms with Crippen LogP contribution in [0.1, 0.15) is 42.5 Å². The van der Waals surface area contributed by atoms with Gasteiger partial charge in [0.1, 0.15) is 28.3 Å². The molecule has 1 amide bonds. The third-order valence-corrected chi connectivity index (χ3v) is 4.14. The number of ether oxygens (including phenoxy) is 1. The Hall–Kier alpha value is -4.13. The minimum Gasteiger partial charge on any atom is -0.477 e. The van der Waals surface area contributed by atoms with Gasteiger partial charge < -0.3 is 20.1 Å². The van der Waals surface area contributed by atoms with E-state index in [0.29, 0.717) is 16.6 Å². The topological polar surface area (TPSA) is 136 Å². The van der Waals surface area contributed by atoms with Gasteiger partial charge in [-0.05, 0) is 38.8 Å². The van der Waals surface area contributed by atoms with E-state index in [2.05, 4.69) is 26.8 Å². The lowest BCUT2D eigenvalue weighted by molar-refractivity contribution is 0.0587. The van der Waals surface area contributed by atoms with E-state index < -0.39 is 17.7 Å². The van der Waals surface area contributed by atoms with Crippen LogP contribution in [0.5, 0.6) is 0 Å². The highest BCUT2D eigenvalue weighted by Crippen LogP contribution is 2.29. The van der Waals surface area contributed by atoms with Crippen molar-refractivity contribution >= 4 is 34.7 Å². The van der Waals surface area contributed by atoms with Crippen LogP contribution in [0.25, 0.3) is 11.0 Å². The largest absolute Gasteiger partial charge is 0.477 e. The van der Waals surface area contributed by atoms with Crippen LogP contribution in [0, 0.1) is 11.8 Å². The summed E-state index contributed by atoms with van der Waals surface area (Å²) in [5.74, 6) is 4.90. The number of fused-ring (bicyclic) bond motifs is 1. The number of carboxylic acids is 1. The van der Waals surface area contributed by atoms with Gasteiger partial charge in [-0.1, -0.05) is 12.0 Å². The summed E-state index contributed by atoms with van der Waals surface area (Å²) < 4.78 is 7.12. The van der Waals surface area contributed by atoms with E-state index in [1.54, 1.807) is 50.8 Å². The van der Waals surface area contributed by atoms with Gasteiger partial charge in [0.25, 0.3) is 0 Å². The number of carbonyl (C=O) groups is 2. The van der Waals surface area contributed by atoms with Crippen LogP contribution in [-0.4, -0.2) is 49.3 Å². The molecule has 0 saturated heterocycles. The fourth-order valence-electron chi connectivity index (χ4n) is 2.76. The lowest BCUT2D eigenvalue weighted by Gasteiger charge is -2.24. The first-order valence-corrected chi connectivity index (χ1v) is 9.27. The van der Waals surface area contributed by atoms with Gasteiger partial charge in [-0.2, -0.15) is 0 Å². The number of carbonyl (C=O) groups excluding carboxylic acids is 1. The highest BCUT2D eigenvalue weighted by Gasteiger charge is 2.25. The van der Waals surface area contributed by atoms with E-state index in [0.717, 1.165) is 0 Å². The normalized spacial score (nSPS) is 11.0. The van der Waals surface area contributed by atoms with Gasteiger partial charge in [0.05, 0.1) is 17.4 Å². The lowest BCUT2D eigenvalue weighted by Crippen LogP contribution is -2.34. The zero-order chi connectivity index (χ0) is 22.9. The summed E-state index contributed by atoms with van der Waals surface area (Å²) in [6.45, 7) is 5.30. The van der Waals surface area contributed by atoms with Crippen LogP contribution < -0.4 is 10.6 Å². The first-order valence-electron chi connectivity index (χ1n) is 9.27. The third kappa shape index (κ3) is 4.56. The second kappa shape index (κ2) is 7.95. The Morgan fingerprint density at radius 3 is 2.58 bits per heavy atom. The molecule has 0 spiro atoms. The number of carboxylic acid groups (broad SMARTS) is 1. The second-order valence-corrected chi connectivity index (χ2v) is 7.75. The molecule has 0 aliphatic rings. The number of pyridine rings is 2. The van der Waals surface area contributed by atoms with E-state index in [9.17, 15) is 9.59 Å². The molecule has 0 fully saturated rings. The number of rotatable bonds is 2. The number of imidazole rings is 1. The molecule has 0 unspecified atom stereocenters. The fourth-order valence-corrected chi connectivity index (χ4v) is 2.76. The number of amides is 1. The first kappa shape index (κ1) is 21.6. The zero-order valence-electron chi connectivity index (χ0n) is 17.8. The predicted octanol–water partition coefficient (Wildman–Crippen LogP) is 2.41. The molecule has 31 heavy (non-hydrogen) atoms. The summed E-state index contributed by atoms with van der Waals surface area (Å²) in [7, 11) is 3.29.